The van der Waals surface area contributed by atoms with Crippen LogP contribution in [-0.2, 0) is 11.3 Å². The highest BCUT2D eigenvalue weighted by molar-refractivity contribution is 5.38. The van der Waals surface area contributed by atoms with E-state index in [1.165, 1.54) is 11.6 Å². The lowest BCUT2D eigenvalue weighted by Crippen LogP contribution is -2.50. The zero-order valence-electron chi connectivity index (χ0n) is 28.3. The predicted octanol–water partition coefficient (Wildman–Crippen LogP) is 6.91. The summed E-state index contributed by atoms with van der Waals surface area (Å²) in [6, 6.07) is -0.432. The molecular formula is C36H55F2N3O4. The highest BCUT2D eigenvalue weighted by Crippen LogP contribution is 2.25. The molecule has 45 heavy (non-hydrogen) atoms. The Hall–Kier alpha value is -3.56. The number of rotatable bonds is 17. The molecule has 0 saturated carbocycles. The molecule has 3 atom stereocenters. The first-order valence-corrected chi connectivity index (χ1v) is 15.6. The van der Waals surface area contributed by atoms with Crippen LogP contribution in [0.15, 0.2) is 77.8 Å². The van der Waals surface area contributed by atoms with Crippen molar-refractivity contribution in [2.75, 3.05) is 14.2 Å². The quantitative estimate of drug-likeness (QED) is 0.0569. The highest BCUT2D eigenvalue weighted by Gasteiger charge is 2.27. The van der Waals surface area contributed by atoms with Gasteiger partial charge in [0.1, 0.15) is 11.4 Å². The molecule has 7 nitrogen and oxygen atoms in total. The molecule has 0 amide bonds. The standard InChI is InChI=1S/C33H46FN3O4.C2H6.CH3F/c1-7-27(15-12-22-34)37-31(16-9-8-14-25(4)38)36-29-23-26(17-19-28(29)32(37)39)18-20-30(41-35-6)33(5,40)21-11-10-13-24(2)3;2*1-2/h7,10-13,19-20,22-23,26-27,35,38,40H,1,4,8-9,14-18,21H2,2-3,5-6H3;1-2H3;1H3/b11-10-,22-12+,30-20-;;. The molecule has 2 rings (SSSR count). The molecule has 1 heterocycles. The van der Waals surface area contributed by atoms with Gasteiger partial charge < -0.3 is 15.1 Å². The van der Waals surface area contributed by atoms with Gasteiger partial charge in [0.05, 0.1) is 35.9 Å². The number of aliphatic hydroxyl groups excluding tert-OH is 1. The first-order valence-electron chi connectivity index (χ1n) is 15.6. The summed E-state index contributed by atoms with van der Waals surface area (Å²) in [6.45, 7) is 17.1. The topological polar surface area (TPSA) is 96.6 Å². The first-order chi connectivity index (χ1) is 21.5. The Kier molecular flexibility index (Phi) is 21.1. The maximum Gasteiger partial charge on any atom is 0.261 e. The van der Waals surface area contributed by atoms with Crippen molar-refractivity contribution in [3.63, 3.8) is 0 Å². The summed E-state index contributed by atoms with van der Waals surface area (Å²) in [7, 11) is 2.15. The van der Waals surface area contributed by atoms with Crippen LogP contribution < -0.4 is 21.6 Å². The molecule has 0 spiro atoms. The van der Waals surface area contributed by atoms with E-state index in [1.54, 1.807) is 24.6 Å². The van der Waals surface area contributed by atoms with Gasteiger partial charge in [-0.25, -0.2) is 9.37 Å². The Labute approximate surface area is 268 Å². The number of hydroxylamine groups is 1. The summed E-state index contributed by atoms with van der Waals surface area (Å²) in [5, 5.41) is 21.7. The zero-order chi connectivity index (χ0) is 34.4. The van der Waals surface area contributed by atoms with Crippen molar-refractivity contribution in [1.29, 1.82) is 0 Å². The van der Waals surface area contributed by atoms with E-state index in [1.807, 2.05) is 64.2 Å². The number of nitrogens with zero attached hydrogens (tertiary/aromatic N) is 2. The summed E-state index contributed by atoms with van der Waals surface area (Å²) >= 11 is 0. The van der Waals surface area contributed by atoms with Gasteiger partial charge in [-0.2, -0.15) is 5.48 Å². The highest BCUT2D eigenvalue weighted by atomic mass is 19.1. The van der Waals surface area contributed by atoms with Crippen molar-refractivity contribution in [1.82, 2.24) is 15.0 Å². The number of unbranched alkanes of at least 4 members (excludes halogenated alkanes) is 1. The van der Waals surface area contributed by atoms with Crippen molar-refractivity contribution in [3.8, 4) is 0 Å². The Bertz CT molecular complexity index is 1350. The van der Waals surface area contributed by atoms with Crippen molar-refractivity contribution in [3.05, 3.63) is 99.8 Å². The van der Waals surface area contributed by atoms with E-state index in [0.717, 1.165) is 0 Å². The van der Waals surface area contributed by atoms with Crippen molar-refractivity contribution in [2.45, 2.75) is 97.6 Å². The second kappa shape index (κ2) is 22.9. The van der Waals surface area contributed by atoms with Gasteiger partial charge in [0.25, 0.3) is 5.56 Å². The van der Waals surface area contributed by atoms with Crippen LogP contribution in [-0.4, -0.2) is 39.6 Å². The monoisotopic (exact) mass is 631 g/mol. The number of nitrogens with one attached hydrogen (secondary N) is 1. The Morgan fingerprint density at radius 2 is 1.98 bits per heavy atom. The van der Waals surface area contributed by atoms with E-state index in [9.17, 15) is 23.8 Å². The molecule has 0 aromatic carbocycles. The molecule has 0 bridgehead atoms. The molecule has 0 saturated heterocycles. The number of halogens is 2. The number of hydrogen-bond acceptors (Lipinski definition) is 6. The molecule has 1 aliphatic carbocycles. The average molecular weight is 632 g/mol. The summed E-state index contributed by atoms with van der Waals surface area (Å²) in [6.07, 6.45) is 19.3. The van der Waals surface area contributed by atoms with Gasteiger partial charge >= 0.3 is 0 Å². The van der Waals surface area contributed by atoms with Crippen LogP contribution in [0.3, 0.4) is 0 Å². The third kappa shape index (κ3) is 14.4. The summed E-state index contributed by atoms with van der Waals surface area (Å²) in [5.74, 6) is 1.19. The Morgan fingerprint density at radius 3 is 2.56 bits per heavy atom. The third-order valence-corrected chi connectivity index (χ3v) is 6.89. The van der Waals surface area contributed by atoms with Crippen molar-refractivity contribution < 1.29 is 23.8 Å². The maximum atomic E-state index is 13.7. The lowest BCUT2D eigenvalue weighted by atomic mass is 9.93. The number of fused-ring (bicyclic) bond motifs is 1. The summed E-state index contributed by atoms with van der Waals surface area (Å²) in [4.78, 5) is 24.2. The van der Waals surface area contributed by atoms with E-state index in [0.29, 0.717) is 80.6 Å². The minimum atomic E-state index is -1.21. The van der Waals surface area contributed by atoms with Crippen LogP contribution in [0.5, 0.6) is 0 Å². The number of aryl methyl sites for hydroxylation is 1. The number of alkyl halides is 1. The van der Waals surface area contributed by atoms with Crippen molar-refractivity contribution >= 4 is 12.2 Å². The molecular weight excluding hydrogens is 576 g/mol. The fourth-order valence-electron chi connectivity index (χ4n) is 4.68. The molecule has 252 valence electrons. The lowest BCUT2D eigenvalue weighted by molar-refractivity contribution is -0.00226. The molecule has 3 N–H and O–H groups in total. The van der Waals surface area contributed by atoms with E-state index in [2.05, 4.69) is 18.6 Å². The van der Waals surface area contributed by atoms with Gasteiger partial charge in [-0.15, -0.1) is 6.58 Å². The fraction of sp³-hybridized carbons (Fsp3) is 0.500. The molecule has 0 radical (unpaired) electrons. The fourth-order valence-corrected chi connectivity index (χ4v) is 4.68. The number of hydrogen-bond donors (Lipinski definition) is 3. The molecule has 9 heteroatoms. The summed E-state index contributed by atoms with van der Waals surface area (Å²) in [5.41, 5.74) is 2.46. The zero-order valence-corrected chi connectivity index (χ0v) is 28.3. The molecule has 0 aliphatic heterocycles. The minimum Gasteiger partial charge on any atom is -0.513 e. The Balaban J connectivity index is 0.00000464. The van der Waals surface area contributed by atoms with Gasteiger partial charge in [0.2, 0.25) is 0 Å². The molecule has 3 unspecified atom stereocenters. The van der Waals surface area contributed by atoms with Crippen LogP contribution in [0.25, 0.3) is 12.2 Å². The van der Waals surface area contributed by atoms with E-state index in [-0.39, 0.29) is 23.7 Å². The van der Waals surface area contributed by atoms with E-state index < -0.39 is 11.6 Å². The number of allylic oxidation sites excluding steroid dienone is 7. The molecule has 1 aromatic heterocycles. The molecule has 1 aromatic rings. The normalized spacial score (nSPS) is 16.0. The smallest absolute Gasteiger partial charge is 0.261 e. The molecule has 0 fully saturated rings. The second-order valence-corrected chi connectivity index (χ2v) is 10.8. The Morgan fingerprint density at radius 1 is 1.29 bits per heavy atom. The van der Waals surface area contributed by atoms with Crippen LogP contribution in [0.4, 0.5) is 8.78 Å². The lowest BCUT2D eigenvalue weighted by Gasteiger charge is -2.25. The van der Waals surface area contributed by atoms with Gasteiger partial charge in [0.15, 0.2) is 5.76 Å². The van der Waals surface area contributed by atoms with Gasteiger partial charge in [-0.3, -0.25) is 13.8 Å². The van der Waals surface area contributed by atoms with Gasteiger partial charge in [-0.1, -0.05) is 68.5 Å². The van der Waals surface area contributed by atoms with Crippen LogP contribution >= 0.6 is 0 Å². The third-order valence-electron chi connectivity index (χ3n) is 6.89. The van der Waals surface area contributed by atoms with Crippen LogP contribution in [0, 0.1) is 5.92 Å². The number of aliphatic hydroxyl groups is 2. The largest absolute Gasteiger partial charge is 0.513 e. The minimum absolute atomic E-state index is 0.0490. The van der Waals surface area contributed by atoms with E-state index in [4.69, 9.17) is 9.82 Å². The van der Waals surface area contributed by atoms with E-state index >= 15 is 0 Å². The number of aromatic nitrogens is 2. The summed E-state index contributed by atoms with van der Waals surface area (Å²) < 4.78 is 23.9. The maximum absolute atomic E-state index is 13.7. The van der Waals surface area contributed by atoms with Crippen LogP contribution in [0.1, 0.15) is 91.4 Å². The predicted molar refractivity (Wildman–Crippen MR) is 183 cm³/mol. The van der Waals surface area contributed by atoms with Gasteiger partial charge in [-0.05, 0) is 64.9 Å². The first kappa shape index (κ1) is 41.4. The van der Waals surface area contributed by atoms with Crippen LogP contribution in [0.2, 0.25) is 0 Å². The van der Waals surface area contributed by atoms with Crippen molar-refractivity contribution in [2.24, 2.45) is 5.92 Å². The SMILES string of the molecule is C=CC(C/C=C/F)n1c(CCCCC(=C)O)nc2c(c1=O)=CCC(C/C=C(\ONC)C(C)(O)C/C=C\C=C(C)C)C=2.CC.CF. The second-order valence-electron chi connectivity index (χ2n) is 10.8. The molecule has 1 aliphatic rings. The van der Waals surface area contributed by atoms with Gasteiger partial charge in [0, 0.05) is 26.3 Å². The average Bonchev–Trinajstić information content (AvgIpc) is 3.02.